The van der Waals surface area contributed by atoms with Crippen LogP contribution >= 0.6 is 12.6 Å². The minimum atomic E-state index is -0.392. The molecule has 0 saturated heterocycles. The Morgan fingerprint density at radius 2 is 1.94 bits per heavy atom. The molecule has 2 unspecified atom stereocenters. The predicted octanol–water partition coefficient (Wildman–Crippen LogP) is 3.12. The molecule has 1 aliphatic rings. The van der Waals surface area contributed by atoms with Crippen molar-refractivity contribution >= 4 is 18.5 Å². The van der Waals surface area contributed by atoms with Crippen LogP contribution in [-0.2, 0) is 16.1 Å². The first-order valence-electron chi connectivity index (χ1n) is 6.12. The van der Waals surface area contributed by atoms with E-state index in [2.05, 4.69) is 24.0 Å². The van der Waals surface area contributed by atoms with Crippen molar-refractivity contribution in [2.24, 2.45) is 5.92 Å². The molecule has 94 valence electrons. The highest BCUT2D eigenvalue weighted by molar-refractivity contribution is 7.81. The molecule has 0 bridgehead atoms. The summed E-state index contributed by atoms with van der Waals surface area (Å²) in [7, 11) is 0. The lowest BCUT2D eigenvalue weighted by Crippen LogP contribution is -2.34. The van der Waals surface area contributed by atoms with Gasteiger partial charge in [-0.25, -0.2) is 0 Å². The van der Waals surface area contributed by atoms with Crippen molar-refractivity contribution in [3.05, 3.63) is 35.4 Å². The van der Waals surface area contributed by atoms with Gasteiger partial charge >= 0.3 is 0 Å². The van der Waals surface area contributed by atoms with Crippen LogP contribution in [-0.4, -0.2) is 5.91 Å². The van der Waals surface area contributed by atoms with Crippen LogP contribution in [0.2, 0.25) is 0 Å². The maximum absolute atomic E-state index is 11.7. The fourth-order valence-electron chi connectivity index (χ4n) is 1.99. The summed E-state index contributed by atoms with van der Waals surface area (Å²) in [5, 5.41) is 2.92. The van der Waals surface area contributed by atoms with E-state index in [0.29, 0.717) is 6.54 Å². The molecule has 1 heterocycles. The number of amides is 1. The molecule has 0 aliphatic carbocycles. The number of carbonyl (C=O) groups is 1. The van der Waals surface area contributed by atoms with Gasteiger partial charge in [-0.2, -0.15) is 12.6 Å². The number of carbonyl (C=O) groups excluding carboxylic acids is 1. The highest BCUT2D eigenvalue weighted by Gasteiger charge is 2.37. The normalized spacial score (nSPS) is 27.1. The van der Waals surface area contributed by atoms with Crippen LogP contribution in [0.25, 0.3) is 0 Å². The summed E-state index contributed by atoms with van der Waals surface area (Å²) >= 11 is 4.66. The van der Waals surface area contributed by atoms with Crippen molar-refractivity contribution in [1.82, 2.24) is 5.32 Å². The third-order valence-electron chi connectivity index (χ3n) is 3.25. The lowest BCUT2D eigenvalue weighted by Gasteiger charge is -2.28. The maximum atomic E-state index is 11.7. The second-order valence-corrected chi connectivity index (χ2v) is 5.17. The van der Waals surface area contributed by atoms with Crippen molar-refractivity contribution in [2.75, 3.05) is 0 Å². The van der Waals surface area contributed by atoms with E-state index in [1.54, 1.807) is 0 Å². The van der Waals surface area contributed by atoms with Gasteiger partial charge in [0.2, 0.25) is 5.91 Å². The molecule has 2 nitrogen and oxygen atoms in total. The molecule has 2 atom stereocenters. The molecule has 0 spiro atoms. The predicted molar refractivity (Wildman–Crippen MR) is 75.1 cm³/mol. The number of hydrogen-bond donors (Lipinski definition) is 2. The number of rotatable bonds is 0. The van der Waals surface area contributed by atoms with Crippen LogP contribution in [0.1, 0.15) is 38.8 Å². The smallest absolute Gasteiger partial charge is 0.224 e. The zero-order valence-corrected chi connectivity index (χ0v) is 11.8. The molecule has 0 aromatic heterocycles. The molecule has 1 aliphatic heterocycles. The monoisotopic (exact) mass is 251 g/mol. The summed E-state index contributed by atoms with van der Waals surface area (Å²) in [6.07, 6.45) is 0. The quantitative estimate of drug-likeness (QED) is 0.682. The van der Waals surface area contributed by atoms with E-state index in [1.165, 1.54) is 0 Å². The van der Waals surface area contributed by atoms with Gasteiger partial charge in [-0.15, -0.1) is 0 Å². The minimum absolute atomic E-state index is 0.0729. The summed E-state index contributed by atoms with van der Waals surface area (Å²) in [6.45, 7) is 8.53. The Labute approximate surface area is 109 Å². The van der Waals surface area contributed by atoms with Gasteiger partial charge in [0.05, 0.1) is 5.92 Å². The molecule has 3 heteroatoms. The average Bonchev–Trinajstić information content (AvgIpc) is 2.44. The number of fused-ring (bicyclic) bond motifs is 1. The van der Waals surface area contributed by atoms with Crippen molar-refractivity contribution in [3.63, 3.8) is 0 Å². The molecule has 0 fully saturated rings. The summed E-state index contributed by atoms with van der Waals surface area (Å²) in [5.74, 6) is -0.0480. The van der Waals surface area contributed by atoms with Gasteiger partial charge in [0.15, 0.2) is 0 Å². The summed E-state index contributed by atoms with van der Waals surface area (Å²) < 4.78 is -0.392. The Morgan fingerprint density at radius 3 is 2.59 bits per heavy atom. The Morgan fingerprint density at radius 1 is 1.35 bits per heavy atom. The van der Waals surface area contributed by atoms with E-state index >= 15 is 0 Å². The standard InChI is InChI=1S/C12H15NOS.C2H6/c1-8-11(14)13-7-9-5-3-4-6-10(9)12(8,2)15;1-2/h3-6,8,15H,7H2,1-2H3,(H,13,14);1-2H3. The van der Waals surface area contributed by atoms with Crippen LogP contribution in [0.5, 0.6) is 0 Å². The molecule has 0 saturated carbocycles. The molecule has 1 amide bonds. The summed E-state index contributed by atoms with van der Waals surface area (Å²) in [4.78, 5) is 11.7. The van der Waals surface area contributed by atoms with Gasteiger partial charge < -0.3 is 5.32 Å². The van der Waals surface area contributed by atoms with Crippen LogP contribution < -0.4 is 5.32 Å². The fraction of sp³-hybridized carbons (Fsp3) is 0.500. The molecular weight excluding hydrogens is 230 g/mol. The van der Waals surface area contributed by atoms with E-state index in [4.69, 9.17) is 0 Å². The fourth-order valence-corrected chi connectivity index (χ4v) is 2.33. The topological polar surface area (TPSA) is 29.1 Å². The van der Waals surface area contributed by atoms with Crippen LogP contribution in [0.15, 0.2) is 24.3 Å². The second kappa shape index (κ2) is 5.58. The third kappa shape index (κ3) is 2.65. The minimum Gasteiger partial charge on any atom is -0.352 e. The van der Waals surface area contributed by atoms with Crippen molar-refractivity contribution in [3.8, 4) is 0 Å². The molecule has 2 rings (SSSR count). The number of hydrogen-bond acceptors (Lipinski definition) is 2. The molecule has 0 radical (unpaired) electrons. The summed E-state index contributed by atoms with van der Waals surface area (Å²) in [5.41, 5.74) is 2.31. The Hall–Kier alpha value is -0.960. The van der Waals surface area contributed by atoms with E-state index in [1.807, 2.05) is 45.9 Å². The number of nitrogens with one attached hydrogen (secondary N) is 1. The zero-order chi connectivity index (χ0) is 13.1. The Kier molecular flexibility index (Phi) is 4.63. The zero-order valence-electron chi connectivity index (χ0n) is 10.9. The molecule has 1 N–H and O–H groups in total. The number of benzene rings is 1. The first-order chi connectivity index (χ1) is 8.03. The molecule has 1 aromatic rings. The lowest BCUT2D eigenvalue weighted by atomic mass is 9.86. The van der Waals surface area contributed by atoms with Gasteiger partial charge in [0, 0.05) is 11.3 Å². The van der Waals surface area contributed by atoms with Gasteiger partial charge in [-0.05, 0) is 18.1 Å². The largest absolute Gasteiger partial charge is 0.352 e. The first kappa shape index (κ1) is 14.1. The molecular formula is C14H21NOS. The highest BCUT2D eigenvalue weighted by Crippen LogP contribution is 2.39. The first-order valence-corrected chi connectivity index (χ1v) is 6.56. The molecule has 17 heavy (non-hydrogen) atoms. The third-order valence-corrected chi connectivity index (χ3v) is 3.88. The summed E-state index contributed by atoms with van der Waals surface area (Å²) in [6, 6.07) is 8.09. The Bertz CT molecular complexity index is 401. The van der Waals surface area contributed by atoms with Crippen LogP contribution in [0, 0.1) is 5.92 Å². The van der Waals surface area contributed by atoms with E-state index in [0.717, 1.165) is 11.1 Å². The SMILES string of the molecule is CC.CC1C(=O)NCc2ccccc2C1(C)S. The highest BCUT2D eigenvalue weighted by atomic mass is 32.1. The van der Waals surface area contributed by atoms with E-state index in [-0.39, 0.29) is 11.8 Å². The van der Waals surface area contributed by atoms with E-state index < -0.39 is 4.75 Å². The van der Waals surface area contributed by atoms with Gasteiger partial charge in [0.25, 0.3) is 0 Å². The van der Waals surface area contributed by atoms with Crippen LogP contribution in [0.3, 0.4) is 0 Å². The van der Waals surface area contributed by atoms with Crippen molar-refractivity contribution in [1.29, 1.82) is 0 Å². The molecule has 1 aromatic carbocycles. The van der Waals surface area contributed by atoms with Crippen LogP contribution in [0.4, 0.5) is 0 Å². The van der Waals surface area contributed by atoms with Crippen molar-refractivity contribution in [2.45, 2.75) is 39.0 Å². The maximum Gasteiger partial charge on any atom is 0.224 e. The van der Waals surface area contributed by atoms with Gasteiger partial charge in [-0.1, -0.05) is 45.0 Å². The second-order valence-electron chi connectivity index (χ2n) is 4.24. The Balaban J connectivity index is 0.000000686. The lowest BCUT2D eigenvalue weighted by molar-refractivity contribution is -0.125. The van der Waals surface area contributed by atoms with Gasteiger partial charge in [-0.3, -0.25) is 4.79 Å². The van der Waals surface area contributed by atoms with Gasteiger partial charge in [0.1, 0.15) is 0 Å². The van der Waals surface area contributed by atoms with E-state index in [9.17, 15) is 4.79 Å². The average molecular weight is 251 g/mol. The number of thiol groups is 1. The van der Waals surface area contributed by atoms with Crippen molar-refractivity contribution < 1.29 is 4.79 Å².